The summed E-state index contributed by atoms with van der Waals surface area (Å²) in [5, 5.41) is 8.83. The van der Waals surface area contributed by atoms with Crippen LogP contribution in [0.1, 0.15) is 5.82 Å². The zero-order chi connectivity index (χ0) is 23.1. The van der Waals surface area contributed by atoms with E-state index in [-0.39, 0.29) is 20.1 Å². The normalized spacial score (nSPS) is 10.9. The van der Waals surface area contributed by atoms with Gasteiger partial charge in [0.25, 0.3) is 0 Å². The van der Waals surface area contributed by atoms with Gasteiger partial charge < -0.3 is 9.13 Å². The molecule has 0 amide bonds. The standard InChI is InChI=1S/C29H22N5.Ir/c1-20-31-26-18-23(16-17-27(26)33(20)2)29-32-30-19-34(29)28-24(21-10-5-3-6-11-21)14-9-15-25(28)22-12-7-4-8-13-22;/h3-15,17-19H,1-2H3;/q-1;. The molecule has 6 rings (SSSR count). The first kappa shape index (κ1) is 22.9. The van der Waals surface area contributed by atoms with Crippen LogP contribution < -0.4 is 0 Å². The van der Waals surface area contributed by atoms with Gasteiger partial charge in [-0.15, -0.1) is 28.9 Å². The Balaban J connectivity index is 0.00000253. The Kier molecular flexibility index (Phi) is 6.16. The molecule has 35 heavy (non-hydrogen) atoms. The minimum Gasteiger partial charge on any atom is -0.371 e. The predicted octanol–water partition coefficient (Wildman–Crippen LogP) is 6.26. The van der Waals surface area contributed by atoms with Crippen molar-refractivity contribution in [3.63, 3.8) is 0 Å². The number of fused-ring (bicyclic) bond motifs is 1. The molecule has 0 aliphatic rings. The molecule has 4 aromatic carbocycles. The summed E-state index contributed by atoms with van der Waals surface area (Å²) < 4.78 is 4.14. The van der Waals surface area contributed by atoms with Crippen LogP contribution in [0.15, 0.2) is 97.3 Å². The van der Waals surface area contributed by atoms with Crippen molar-refractivity contribution in [2.75, 3.05) is 0 Å². The van der Waals surface area contributed by atoms with Crippen molar-refractivity contribution in [3.05, 3.63) is 109 Å². The van der Waals surface area contributed by atoms with Crippen LogP contribution in [0.2, 0.25) is 0 Å². The molecule has 0 aliphatic carbocycles. The van der Waals surface area contributed by atoms with E-state index in [4.69, 9.17) is 4.98 Å². The molecule has 0 bridgehead atoms. The largest absolute Gasteiger partial charge is 0.371 e. The Morgan fingerprint density at radius 2 is 1.43 bits per heavy atom. The molecular formula is C29H22IrN5-. The summed E-state index contributed by atoms with van der Waals surface area (Å²) in [6.07, 6.45) is 1.78. The molecule has 0 N–H and O–H groups in total. The SMILES string of the molecule is Cc1nc2cc(-c3nncn3-c3c(-c4ccccc4)cccc3-c3ccccc3)[c-]cc2n1C.[Ir]. The molecule has 6 aromatic rings. The minimum absolute atomic E-state index is 0. The van der Waals surface area contributed by atoms with Gasteiger partial charge in [0.1, 0.15) is 6.33 Å². The van der Waals surface area contributed by atoms with Crippen molar-refractivity contribution in [2.24, 2.45) is 7.05 Å². The molecule has 0 saturated carbocycles. The van der Waals surface area contributed by atoms with Crippen LogP contribution in [-0.4, -0.2) is 24.3 Å². The second kappa shape index (κ2) is 9.41. The van der Waals surface area contributed by atoms with Crippen LogP contribution in [-0.2, 0) is 27.2 Å². The number of benzene rings is 4. The van der Waals surface area contributed by atoms with Gasteiger partial charge in [-0.1, -0.05) is 78.9 Å². The van der Waals surface area contributed by atoms with Crippen LogP contribution >= 0.6 is 0 Å². The Labute approximate surface area is 217 Å². The average molecular weight is 633 g/mol. The molecule has 5 nitrogen and oxygen atoms in total. The summed E-state index contributed by atoms with van der Waals surface area (Å²) in [7, 11) is 2.02. The number of rotatable bonds is 4. The van der Waals surface area contributed by atoms with Crippen LogP contribution in [0.4, 0.5) is 0 Å². The first-order chi connectivity index (χ1) is 16.7. The van der Waals surface area contributed by atoms with E-state index in [1.807, 2.05) is 38.2 Å². The summed E-state index contributed by atoms with van der Waals surface area (Å²) >= 11 is 0. The van der Waals surface area contributed by atoms with Crippen molar-refractivity contribution in [1.29, 1.82) is 0 Å². The topological polar surface area (TPSA) is 48.5 Å². The van der Waals surface area contributed by atoms with Gasteiger partial charge in [-0.05, 0) is 23.6 Å². The summed E-state index contributed by atoms with van der Waals surface area (Å²) in [5.41, 5.74) is 8.33. The van der Waals surface area contributed by atoms with E-state index in [1.165, 1.54) is 0 Å². The number of hydrogen-bond acceptors (Lipinski definition) is 3. The second-order valence-corrected chi connectivity index (χ2v) is 8.29. The predicted molar refractivity (Wildman–Crippen MR) is 136 cm³/mol. The molecule has 0 spiro atoms. The van der Waals surface area contributed by atoms with Gasteiger partial charge in [-0.25, -0.2) is 0 Å². The fourth-order valence-corrected chi connectivity index (χ4v) is 4.47. The van der Waals surface area contributed by atoms with E-state index >= 15 is 0 Å². The van der Waals surface area contributed by atoms with E-state index in [9.17, 15) is 0 Å². The van der Waals surface area contributed by atoms with E-state index < -0.39 is 0 Å². The minimum atomic E-state index is 0. The quantitative estimate of drug-likeness (QED) is 0.216. The summed E-state index contributed by atoms with van der Waals surface area (Å²) in [5.74, 6) is 1.69. The molecule has 6 heteroatoms. The number of nitrogens with zero attached hydrogens (tertiary/aromatic N) is 5. The molecule has 0 atom stereocenters. The maximum absolute atomic E-state index is 4.70. The number of aryl methyl sites for hydroxylation is 2. The smallest absolute Gasteiger partial charge is 0.115 e. The molecule has 1 radical (unpaired) electrons. The van der Waals surface area contributed by atoms with Crippen LogP contribution in [0.3, 0.4) is 0 Å². The molecule has 0 saturated heterocycles. The zero-order valence-electron chi connectivity index (χ0n) is 19.3. The monoisotopic (exact) mass is 633 g/mol. The maximum atomic E-state index is 4.70. The number of para-hydroxylation sites is 1. The zero-order valence-corrected chi connectivity index (χ0v) is 21.7. The number of hydrogen-bond donors (Lipinski definition) is 0. The summed E-state index contributed by atoms with van der Waals surface area (Å²) in [6.45, 7) is 2.00. The molecule has 173 valence electrons. The van der Waals surface area contributed by atoms with E-state index in [0.717, 1.165) is 56.2 Å². The van der Waals surface area contributed by atoms with Crippen LogP contribution in [0.5, 0.6) is 0 Å². The Bertz CT molecular complexity index is 1560. The van der Waals surface area contributed by atoms with Gasteiger partial charge in [0.15, 0.2) is 0 Å². The van der Waals surface area contributed by atoms with Gasteiger partial charge in [0, 0.05) is 43.8 Å². The molecule has 2 aromatic heterocycles. The van der Waals surface area contributed by atoms with Crippen molar-refractivity contribution in [2.45, 2.75) is 6.92 Å². The van der Waals surface area contributed by atoms with Crippen LogP contribution in [0, 0.1) is 13.0 Å². The van der Waals surface area contributed by atoms with E-state index in [0.29, 0.717) is 0 Å². The molecular weight excluding hydrogens is 611 g/mol. The molecule has 0 fully saturated rings. The van der Waals surface area contributed by atoms with Crippen molar-refractivity contribution >= 4 is 11.0 Å². The fourth-order valence-electron chi connectivity index (χ4n) is 4.47. The third kappa shape index (κ3) is 4.01. The first-order valence-electron chi connectivity index (χ1n) is 11.2. The summed E-state index contributed by atoms with van der Waals surface area (Å²) in [4.78, 5) is 4.70. The maximum Gasteiger partial charge on any atom is 0.115 e. The van der Waals surface area contributed by atoms with Crippen molar-refractivity contribution in [3.8, 4) is 39.3 Å². The van der Waals surface area contributed by atoms with Gasteiger partial charge in [0.05, 0.1) is 17.3 Å². The average Bonchev–Trinajstić information content (AvgIpc) is 3.49. The number of imidazole rings is 1. The van der Waals surface area contributed by atoms with Gasteiger partial charge in [-0.3, -0.25) is 4.98 Å². The molecule has 0 aliphatic heterocycles. The Hall–Kier alpha value is -3.86. The van der Waals surface area contributed by atoms with E-state index in [1.54, 1.807) is 6.33 Å². The first-order valence-corrected chi connectivity index (χ1v) is 11.2. The van der Waals surface area contributed by atoms with Crippen LogP contribution in [0.25, 0.3) is 50.4 Å². The van der Waals surface area contributed by atoms with Crippen molar-refractivity contribution in [1.82, 2.24) is 24.3 Å². The third-order valence-corrected chi connectivity index (χ3v) is 6.27. The van der Waals surface area contributed by atoms with Crippen molar-refractivity contribution < 1.29 is 20.1 Å². The fraction of sp³-hybridized carbons (Fsp3) is 0.0690. The summed E-state index contributed by atoms with van der Waals surface area (Å²) in [6, 6.07) is 34.7. The molecule has 2 heterocycles. The van der Waals surface area contributed by atoms with Gasteiger partial charge in [-0.2, -0.15) is 5.10 Å². The molecule has 0 unspecified atom stereocenters. The van der Waals surface area contributed by atoms with Gasteiger partial charge in [0.2, 0.25) is 0 Å². The second-order valence-electron chi connectivity index (χ2n) is 8.29. The Morgan fingerprint density at radius 3 is 2.06 bits per heavy atom. The number of aromatic nitrogens is 5. The third-order valence-electron chi connectivity index (χ3n) is 6.27. The Morgan fingerprint density at radius 1 is 0.800 bits per heavy atom. The van der Waals surface area contributed by atoms with E-state index in [2.05, 4.69) is 92.1 Å². The van der Waals surface area contributed by atoms with Gasteiger partial charge >= 0.3 is 0 Å².